The van der Waals surface area contributed by atoms with Crippen molar-refractivity contribution in [2.24, 2.45) is 0 Å². The maximum atomic E-state index is 12.5. The van der Waals surface area contributed by atoms with E-state index in [0.717, 1.165) is 22.9 Å². The van der Waals surface area contributed by atoms with Gasteiger partial charge < -0.3 is 4.90 Å². The van der Waals surface area contributed by atoms with Crippen molar-refractivity contribution in [1.82, 2.24) is 14.8 Å². The van der Waals surface area contributed by atoms with Crippen molar-refractivity contribution >= 4 is 46.7 Å². The Morgan fingerprint density at radius 2 is 2.21 bits per heavy atom. The summed E-state index contributed by atoms with van der Waals surface area (Å²) in [6.07, 6.45) is 7.77. The highest BCUT2D eigenvalue weighted by Gasteiger charge is 2.20. The van der Waals surface area contributed by atoms with Gasteiger partial charge in [0.1, 0.15) is 5.69 Å². The van der Waals surface area contributed by atoms with Crippen LogP contribution in [0.15, 0.2) is 30.7 Å². The van der Waals surface area contributed by atoms with E-state index in [1.165, 1.54) is 0 Å². The number of thioether (sulfide) groups is 2. The Morgan fingerprint density at radius 1 is 1.38 bits per heavy atom. The van der Waals surface area contributed by atoms with Crippen molar-refractivity contribution in [3.8, 4) is 5.69 Å². The van der Waals surface area contributed by atoms with Gasteiger partial charge in [-0.3, -0.25) is 9.78 Å². The van der Waals surface area contributed by atoms with Crippen LogP contribution in [-0.2, 0) is 4.79 Å². The second-order valence-corrected chi connectivity index (χ2v) is 7.52. The normalized spacial score (nSPS) is 10.8. The lowest BCUT2D eigenvalue weighted by molar-refractivity contribution is -0.118. The molecule has 2 rings (SSSR count). The van der Waals surface area contributed by atoms with Gasteiger partial charge in [-0.15, -0.1) is 0 Å². The lowest BCUT2D eigenvalue weighted by Gasteiger charge is -2.19. The minimum absolute atomic E-state index is 0.0711. The topological polar surface area (TPSA) is 51.0 Å². The third-order valence-corrected chi connectivity index (χ3v) is 5.49. The zero-order valence-electron chi connectivity index (χ0n) is 13.8. The van der Waals surface area contributed by atoms with Gasteiger partial charge in [0.25, 0.3) is 0 Å². The molecule has 0 aliphatic carbocycles. The predicted octanol–water partition coefficient (Wildman–Crippen LogP) is 3.76. The lowest BCUT2D eigenvalue weighted by atomic mass is 10.3. The van der Waals surface area contributed by atoms with E-state index in [9.17, 15) is 4.79 Å². The van der Waals surface area contributed by atoms with Crippen LogP contribution in [0, 0.1) is 0 Å². The largest absolute Gasteiger partial charge is 0.308 e. The van der Waals surface area contributed by atoms with Crippen LogP contribution in [0.5, 0.6) is 0 Å². The summed E-state index contributed by atoms with van der Waals surface area (Å²) in [5, 5.41) is 4.62. The van der Waals surface area contributed by atoms with Crippen LogP contribution in [0.25, 0.3) is 5.69 Å². The maximum Gasteiger partial charge on any atom is 0.227 e. The van der Waals surface area contributed by atoms with E-state index in [1.54, 1.807) is 39.9 Å². The number of halogens is 1. The number of amides is 1. The number of hydrogen-bond donors (Lipinski definition) is 0. The van der Waals surface area contributed by atoms with E-state index in [-0.39, 0.29) is 5.91 Å². The van der Waals surface area contributed by atoms with Gasteiger partial charge in [-0.05, 0) is 25.3 Å². The van der Waals surface area contributed by atoms with Crippen LogP contribution in [0.4, 0.5) is 5.69 Å². The van der Waals surface area contributed by atoms with Crippen molar-refractivity contribution in [3.63, 3.8) is 0 Å². The van der Waals surface area contributed by atoms with Crippen molar-refractivity contribution < 1.29 is 4.79 Å². The molecule has 2 aromatic heterocycles. The fourth-order valence-electron chi connectivity index (χ4n) is 2.17. The van der Waals surface area contributed by atoms with E-state index in [4.69, 9.17) is 11.6 Å². The molecule has 2 heterocycles. The minimum Gasteiger partial charge on any atom is -0.308 e. The maximum absolute atomic E-state index is 12.5. The van der Waals surface area contributed by atoms with Crippen LogP contribution in [0.1, 0.15) is 13.3 Å². The lowest BCUT2D eigenvalue weighted by Crippen LogP contribution is -2.30. The first-order valence-electron chi connectivity index (χ1n) is 7.70. The van der Waals surface area contributed by atoms with E-state index in [2.05, 4.69) is 16.3 Å². The molecule has 0 spiro atoms. The highest BCUT2D eigenvalue weighted by atomic mass is 35.5. The summed E-state index contributed by atoms with van der Waals surface area (Å²) in [6.45, 7) is 2.50. The second-order valence-electron chi connectivity index (χ2n) is 4.95. The van der Waals surface area contributed by atoms with Crippen molar-refractivity contribution in [2.75, 3.05) is 35.0 Å². The van der Waals surface area contributed by atoms with Gasteiger partial charge >= 0.3 is 0 Å². The summed E-state index contributed by atoms with van der Waals surface area (Å²) < 4.78 is 1.65. The number of carbonyl (C=O) groups excluding carboxylic acids is 1. The average Bonchev–Trinajstić information content (AvgIpc) is 2.98. The molecule has 0 unspecified atom stereocenters. The summed E-state index contributed by atoms with van der Waals surface area (Å²) in [4.78, 5) is 18.3. The van der Waals surface area contributed by atoms with Crippen LogP contribution < -0.4 is 4.90 Å². The van der Waals surface area contributed by atoms with Crippen LogP contribution >= 0.6 is 35.1 Å². The van der Waals surface area contributed by atoms with Crippen molar-refractivity contribution in [3.05, 3.63) is 35.9 Å². The van der Waals surface area contributed by atoms with Crippen LogP contribution in [-0.4, -0.2) is 50.7 Å². The molecule has 0 fully saturated rings. The first-order valence-corrected chi connectivity index (χ1v) is 10.6. The van der Waals surface area contributed by atoms with Crippen LogP contribution in [0.3, 0.4) is 0 Å². The first kappa shape index (κ1) is 19.1. The molecule has 0 saturated carbocycles. The zero-order chi connectivity index (χ0) is 17.4. The molecule has 1 amide bonds. The first-order chi connectivity index (χ1) is 11.7. The third-order valence-electron chi connectivity index (χ3n) is 3.36. The second kappa shape index (κ2) is 9.96. The van der Waals surface area contributed by atoms with Crippen LogP contribution in [0.2, 0.25) is 5.15 Å². The van der Waals surface area contributed by atoms with Gasteiger partial charge in [-0.25, -0.2) is 4.68 Å². The molecule has 0 bridgehead atoms. The zero-order valence-corrected chi connectivity index (χ0v) is 16.2. The van der Waals surface area contributed by atoms with Gasteiger partial charge in [0.2, 0.25) is 5.91 Å². The van der Waals surface area contributed by atoms with Gasteiger partial charge in [0.05, 0.1) is 18.1 Å². The van der Waals surface area contributed by atoms with E-state index < -0.39 is 0 Å². The fraction of sp³-hybridized carbons (Fsp3) is 0.438. The third kappa shape index (κ3) is 5.16. The highest BCUT2D eigenvalue weighted by molar-refractivity contribution is 8.02. The summed E-state index contributed by atoms with van der Waals surface area (Å²) in [7, 11) is 0. The quantitative estimate of drug-likeness (QED) is 0.616. The molecular formula is C16H21ClN4OS2. The molecule has 8 heteroatoms. The summed E-state index contributed by atoms with van der Waals surface area (Å²) in [5.41, 5.74) is 1.45. The van der Waals surface area contributed by atoms with Gasteiger partial charge in [0, 0.05) is 36.4 Å². The Kier molecular flexibility index (Phi) is 7.94. The Bertz CT molecular complexity index is 651. The van der Waals surface area contributed by atoms with E-state index in [1.807, 2.05) is 30.8 Å². The number of hydrogen-bond acceptors (Lipinski definition) is 5. The molecule has 0 N–H and O–H groups in total. The molecule has 5 nitrogen and oxygen atoms in total. The van der Waals surface area contributed by atoms with E-state index in [0.29, 0.717) is 23.8 Å². The molecule has 0 aromatic carbocycles. The number of carbonyl (C=O) groups is 1. The fourth-order valence-corrected chi connectivity index (χ4v) is 4.06. The molecule has 0 atom stereocenters. The predicted molar refractivity (Wildman–Crippen MR) is 105 cm³/mol. The van der Waals surface area contributed by atoms with Gasteiger partial charge in [-0.1, -0.05) is 11.6 Å². The van der Waals surface area contributed by atoms with Crippen molar-refractivity contribution in [1.29, 1.82) is 0 Å². The molecule has 0 radical (unpaired) electrons. The number of anilines is 1. The smallest absolute Gasteiger partial charge is 0.227 e. The Balaban J connectivity index is 2.04. The Labute approximate surface area is 156 Å². The number of pyridine rings is 1. The summed E-state index contributed by atoms with van der Waals surface area (Å²) in [6, 6.07) is 3.72. The Hall–Kier alpha value is -1.18. The molecule has 130 valence electrons. The summed E-state index contributed by atoms with van der Waals surface area (Å²) >= 11 is 9.89. The molecule has 0 aliphatic heterocycles. The number of nitrogens with zero attached hydrogens (tertiary/aromatic N) is 4. The van der Waals surface area contributed by atoms with Crippen molar-refractivity contribution in [2.45, 2.75) is 13.3 Å². The minimum atomic E-state index is 0.0711. The molecule has 24 heavy (non-hydrogen) atoms. The van der Waals surface area contributed by atoms with Gasteiger partial charge in [0.15, 0.2) is 5.15 Å². The monoisotopic (exact) mass is 384 g/mol. The standard InChI is InChI=1S/C16H21ClN4OS2/c1-3-20(15(22)6-8-24-10-9-23-2)14-12-21(19-16(14)17)13-5-4-7-18-11-13/h4-5,7,11-12H,3,6,8-10H2,1-2H3. The SMILES string of the molecule is CCN(C(=O)CCSCCSC)c1cn(-c2cccnc2)nc1Cl. The molecule has 0 saturated heterocycles. The highest BCUT2D eigenvalue weighted by Crippen LogP contribution is 2.26. The molecular weight excluding hydrogens is 364 g/mol. The number of aromatic nitrogens is 3. The van der Waals surface area contributed by atoms with Gasteiger partial charge in [-0.2, -0.15) is 28.6 Å². The average molecular weight is 385 g/mol. The molecule has 0 aliphatic rings. The number of rotatable bonds is 9. The van der Waals surface area contributed by atoms with E-state index >= 15 is 0 Å². The Morgan fingerprint density at radius 3 is 2.88 bits per heavy atom. The summed E-state index contributed by atoms with van der Waals surface area (Å²) in [5.74, 6) is 3.08. The molecule has 2 aromatic rings.